The summed E-state index contributed by atoms with van der Waals surface area (Å²) in [6.45, 7) is 11.4. The van der Waals surface area contributed by atoms with Gasteiger partial charge in [0, 0.05) is 18.6 Å². The average Bonchev–Trinajstić information content (AvgIpc) is 2.41. The maximum atomic E-state index is 6.31. The Balaban J connectivity index is 2.54. The van der Waals surface area contributed by atoms with Gasteiger partial charge in [0.2, 0.25) is 0 Å². The molecule has 1 rings (SSSR count). The van der Waals surface area contributed by atoms with E-state index in [1.165, 1.54) is 38.6 Å². The molecular weight excluding hydrogens is 196 g/mol. The second kappa shape index (κ2) is 6.02. The van der Waals surface area contributed by atoms with Gasteiger partial charge in [-0.1, -0.05) is 40.5 Å². The molecule has 2 heteroatoms. The van der Waals surface area contributed by atoms with Crippen molar-refractivity contribution in [2.24, 2.45) is 11.1 Å². The minimum absolute atomic E-state index is 0.227. The zero-order valence-electron chi connectivity index (χ0n) is 11.6. The van der Waals surface area contributed by atoms with E-state index in [1.807, 2.05) is 0 Å². The van der Waals surface area contributed by atoms with Crippen molar-refractivity contribution in [1.82, 2.24) is 4.90 Å². The summed E-state index contributed by atoms with van der Waals surface area (Å²) in [4.78, 5) is 2.64. The van der Waals surface area contributed by atoms with Crippen LogP contribution in [0.1, 0.15) is 59.8 Å². The third kappa shape index (κ3) is 4.06. The lowest BCUT2D eigenvalue weighted by atomic mass is 9.87. The highest BCUT2D eigenvalue weighted by Crippen LogP contribution is 2.23. The van der Waals surface area contributed by atoms with Crippen molar-refractivity contribution in [3.05, 3.63) is 0 Å². The van der Waals surface area contributed by atoms with Crippen LogP contribution in [0.2, 0.25) is 0 Å². The van der Waals surface area contributed by atoms with Crippen LogP contribution in [0.4, 0.5) is 0 Å². The van der Waals surface area contributed by atoms with Crippen molar-refractivity contribution >= 4 is 0 Å². The van der Waals surface area contributed by atoms with Crippen LogP contribution in [0.3, 0.4) is 0 Å². The largest absolute Gasteiger partial charge is 0.326 e. The highest BCUT2D eigenvalue weighted by Gasteiger charge is 2.26. The second-order valence-corrected chi connectivity index (χ2v) is 6.38. The normalized spacial score (nSPS) is 26.4. The number of likely N-dealkylation sites (tertiary alicyclic amines) is 1. The first-order chi connectivity index (χ1) is 7.45. The molecule has 1 aliphatic rings. The molecule has 1 aliphatic heterocycles. The maximum absolute atomic E-state index is 6.31. The van der Waals surface area contributed by atoms with Gasteiger partial charge in [-0.25, -0.2) is 0 Å². The van der Waals surface area contributed by atoms with Crippen molar-refractivity contribution in [2.75, 3.05) is 13.1 Å². The summed E-state index contributed by atoms with van der Waals surface area (Å²) >= 11 is 0. The zero-order valence-corrected chi connectivity index (χ0v) is 11.6. The molecule has 2 atom stereocenters. The standard InChI is InChI=1S/C14H30N2/c1-5-12-9-7-6-8-10-16(12)11-13(15)14(2,3)4/h12-13H,5-11,15H2,1-4H3. The van der Waals surface area contributed by atoms with Gasteiger partial charge in [0.1, 0.15) is 0 Å². The SMILES string of the molecule is CCC1CCCCCN1CC(N)C(C)(C)C. The van der Waals surface area contributed by atoms with Gasteiger partial charge in [-0.3, -0.25) is 4.90 Å². The van der Waals surface area contributed by atoms with E-state index in [9.17, 15) is 0 Å². The molecule has 1 saturated heterocycles. The summed E-state index contributed by atoms with van der Waals surface area (Å²) in [7, 11) is 0. The molecule has 0 amide bonds. The van der Waals surface area contributed by atoms with Gasteiger partial charge < -0.3 is 5.73 Å². The molecular formula is C14H30N2. The van der Waals surface area contributed by atoms with Crippen LogP contribution in [0.25, 0.3) is 0 Å². The lowest BCUT2D eigenvalue weighted by Crippen LogP contribution is -2.48. The van der Waals surface area contributed by atoms with Crippen molar-refractivity contribution in [3.63, 3.8) is 0 Å². The maximum Gasteiger partial charge on any atom is 0.0217 e. The van der Waals surface area contributed by atoms with Crippen LogP contribution in [0, 0.1) is 5.41 Å². The highest BCUT2D eigenvalue weighted by atomic mass is 15.2. The average molecular weight is 226 g/mol. The van der Waals surface area contributed by atoms with E-state index in [-0.39, 0.29) is 5.41 Å². The van der Waals surface area contributed by atoms with Gasteiger partial charge in [0.05, 0.1) is 0 Å². The monoisotopic (exact) mass is 226 g/mol. The molecule has 0 aromatic rings. The third-order valence-electron chi connectivity index (χ3n) is 4.01. The zero-order chi connectivity index (χ0) is 12.2. The number of nitrogens with zero attached hydrogens (tertiary/aromatic N) is 1. The summed E-state index contributed by atoms with van der Waals surface area (Å²) in [5.41, 5.74) is 6.53. The van der Waals surface area contributed by atoms with E-state index >= 15 is 0 Å². The summed E-state index contributed by atoms with van der Waals surface area (Å²) in [5.74, 6) is 0. The van der Waals surface area contributed by atoms with Gasteiger partial charge in [0.15, 0.2) is 0 Å². The molecule has 0 aliphatic carbocycles. The smallest absolute Gasteiger partial charge is 0.0217 e. The Morgan fingerprint density at radius 2 is 1.94 bits per heavy atom. The molecule has 1 heterocycles. The number of hydrogen-bond donors (Lipinski definition) is 1. The van der Waals surface area contributed by atoms with Gasteiger partial charge in [-0.05, 0) is 31.2 Å². The van der Waals surface area contributed by atoms with E-state index in [0.717, 1.165) is 12.6 Å². The fourth-order valence-corrected chi connectivity index (χ4v) is 2.47. The first-order valence-corrected chi connectivity index (χ1v) is 6.94. The predicted molar refractivity (Wildman–Crippen MR) is 71.6 cm³/mol. The third-order valence-corrected chi connectivity index (χ3v) is 4.01. The van der Waals surface area contributed by atoms with Crippen LogP contribution in [0.15, 0.2) is 0 Å². The van der Waals surface area contributed by atoms with Crippen LogP contribution < -0.4 is 5.73 Å². The van der Waals surface area contributed by atoms with E-state index in [0.29, 0.717) is 6.04 Å². The molecule has 0 bridgehead atoms. The molecule has 0 saturated carbocycles. The molecule has 2 N–H and O–H groups in total. The predicted octanol–water partition coefficient (Wildman–Crippen LogP) is 3.01. The van der Waals surface area contributed by atoms with E-state index in [4.69, 9.17) is 5.73 Å². The molecule has 2 unspecified atom stereocenters. The van der Waals surface area contributed by atoms with Crippen molar-refractivity contribution < 1.29 is 0 Å². The second-order valence-electron chi connectivity index (χ2n) is 6.38. The van der Waals surface area contributed by atoms with Crippen LogP contribution in [-0.2, 0) is 0 Å². The Morgan fingerprint density at radius 1 is 1.25 bits per heavy atom. The summed E-state index contributed by atoms with van der Waals surface area (Å²) in [6.07, 6.45) is 6.80. The molecule has 2 nitrogen and oxygen atoms in total. The van der Waals surface area contributed by atoms with E-state index in [2.05, 4.69) is 32.6 Å². The lowest BCUT2D eigenvalue weighted by Gasteiger charge is -2.36. The summed E-state index contributed by atoms with van der Waals surface area (Å²) < 4.78 is 0. The Hall–Kier alpha value is -0.0800. The quantitative estimate of drug-likeness (QED) is 0.801. The fraction of sp³-hybridized carbons (Fsp3) is 1.00. The Kier molecular flexibility index (Phi) is 5.26. The van der Waals surface area contributed by atoms with Crippen molar-refractivity contribution in [1.29, 1.82) is 0 Å². The Labute approximate surface area is 102 Å². The molecule has 0 spiro atoms. The summed E-state index contributed by atoms with van der Waals surface area (Å²) in [5, 5.41) is 0. The topological polar surface area (TPSA) is 29.3 Å². The van der Waals surface area contributed by atoms with Gasteiger partial charge in [-0.2, -0.15) is 0 Å². The number of hydrogen-bond acceptors (Lipinski definition) is 2. The minimum atomic E-state index is 0.227. The number of nitrogens with two attached hydrogens (primary N) is 1. The molecule has 0 aromatic carbocycles. The van der Waals surface area contributed by atoms with Gasteiger partial charge in [0.25, 0.3) is 0 Å². The Morgan fingerprint density at radius 3 is 2.50 bits per heavy atom. The molecule has 96 valence electrons. The van der Waals surface area contributed by atoms with E-state index < -0.39 is 0 Å². The van der Waals surface area contributed by atoms with Gasteiger partial charge in [-0.15, -0.1) is 0 Å². The van der Waals surface area contributed by atoms with Crippen LogP contribution >= 0.6 is 0 Å². The van der Waals surface area contributed by atoms with Crippen molar-refractivity contribution in [3.8, 4) is 0 Å². The first kappa shape index (κ1) is 14.0. The minimum Gasteiger partial charge on any atom is -0.326 e. The first-order valence-electron chi connectivity index (χ1n) is 6.94. The number of rotatable bonds is 3. The molecule has 0 aromatic heterocycles. The summed E-state index contributed by atoms with van der Waals surface area (Å²) in [6, 6.07) is 1.07. The van der Waals surface area contributed by atoms with Crippen molar-refractivity contribution in [2.45, 2.75) is 71.9 Å². The fourth-order valence-electron chi connectivity index (χ4n) is 2.47. The molecule has 16 heavy (non-hydrogen) atoms. The highest BCUT2D eigenvalue weighted by molar-refractivity contribution is 4.84. The molecule has 0 radical (unpaired) electrons. The molecule has 1 fully saturated rings. The lowest BCUT2D eigenvalue weighted by molar-refractivity contribution is 0.149. The van der Waals surface area contributed by atoms with E-state index in [1.54, 1.807) is 0 Å². The van der Waals surface area contributed by atoms with Gasteiger partial charge >= 0.3 is 0 Å². The Bertz CT molecular complexity index is 195. The van der Waals surface area contributed by atoms with Crippen LogP contribution in [-0.4, -0.2) is 30.1 Å². The van der Waals surface area contributed by atoms with Crippen LogP contribution in [0.5, 0.6) is 0 Å².